The van der Waals surface area contributed by atoms with Crippen LogP contribution in [0.25, 0.3) is 4.98 Å². The summed E-state index contributed by atoms with van der Waals surface area (Å²) in [7, 11) is 0. The van der Waals surface area contributed by atoms with Crippen LogP contribution in [0.5, 0.6) is 0 Å². The second kappa shape index (κ2) is 3.28. The molecule has 0 aliphatic rings. The molecule has 1 rings (SSSR count). The minimum Gasteiger partial charge on any atom is -0.258 e. The number of hydrogen-bond donors (Lipinski definition) is 0. The molecule has 0 spiro atoms. The van der Waals surface area contributed by atoms with Gasteiger partial charge in [-0.15, -0.1) is 0 Å². The molecule has 0 fully saturated rings. The molecule has 1 aromatic rings. The third-order valence-corrected chi connectivity index (χ3v) is 1.92. The molecule has 0 saturated heterocycles. The molecule has 5 nitrogen and oxygen atoms in total. The fraction of sp³-hybridized carbons (Fsp3) is 0. The maximum Gasteiger partial charge on any atom is 0.405 e. The van der Waals surface area contributed by atoms with Crippen LogP contribution in [0, 0.1) is 15.5 Å². The Bertz CT molecular complexity index is 372. The van der Waals surface area contributed by atoms with E-state index >= 15 is 0 Å². The van der Waals surface area contributed by atoms with E-state index in [-0.39, 0.29) is 11.4 Å². The quantitative estimate of drug-likeness (QED) is 0.422. The molecule has 1 aromatic carbocycles. The third-order valence-electron chi connectivity index (χ3n) is 1.25. The van der Waals surface area contributed by atoms with E-state index in [9.17, 15) is 10.1 Å². The van der Waals surface area contributed by atoms with E-state index in [1.54, 1.807) is 0 Å². The van der Waals surface area contributed by atoms with Crippen LogP contribution in [0.15, 0.2) is 22.7 Å². The van der Waals surface area contributed by atoms with Crippen molar-refractivity contribution in [1.29, 1.82) is 5.39 Å². The van der Waals surface area contributed by atoms with Crippen LogP contribution >= 0.6 is 15.9 Å². The van der Waals surface area contributed by atoms with E-state index in [1.807, 2.05) is 0 Å². The molecular weight excluding hydrogens is 226 g/mol. The molecule has 60 valence electrons. The zero-order chi connectivity index (χ0) is 9.14. The number of halogens is 1. The molecule has 0 aromatic heterocycles. The number of hydrogen-bond acceptors (Lipinski definition) is 3. The van der Waals surface area contributed by atoms with Gasteiger partial charge in [0.2, 0.25) is 5.39 Å². The van der Waals surface area contributed by atoms with Crippen LogP contribution < -0.4 is 0 Å². The Morgan fingerprint density at radius 1 is 1.58 bits per heavy atom. The predicted octanol–water partition coefficient (Wildman–Crippen LogP) is 2.84. The summed E-state index contributed by atoms with van der Waals surface area (Å²) in [5.41, 5.74) is 0.0372. The van der Waals surface area contributed by atoms with Crippen molar-refractivity contribution in [3.05, 3.63) is 37.8 Å². The van der Waals surface area contributed by atoms with Crippen LogP contribution in [-0.4, -0.2) is 4.92 Å². The van der Waals surface area contributed by atoms with Crippen molar-refractivity contribution in [1.82, 2.24) is 0 Å². The average Bonchev–Trinajstić information content (AvgIpc) is 2.05. The topological polar surface area (TPSA) is 71.3 Å². The standard InChI is InChI=1S/C6H3BrN3O2/c7-5-2-1-4(10(11)12)3-6(5)9-8/h1-3H/q+1. The number of nitrogens with zero attached hydrogens (tertiary/aromatic N) is 3. The van der Waals surface area contributed by atoms with Crippen molar-refractivity contribution in [3.8, 4) is 0 Å². The summed E-state index contributed by atoms with van der Waals surface area (Å²) in [4.78, 5) is 12.6. The summed E-state index contributed by atoms with van der Waals surface area (Å²) in [6.45, 7) is 0. The second-order valence-corrected chi connectivity index (χ2v) is 2.85. The molecule has 0 heterocycles. The maximum absolute atomic E-state index is 10.2. The van der Waals surface area contributed by atoms with Crippen LogP contribution in [0.3, 0.4) is 0 Å². The van der Waals surface area contributed by atoms with Gasteiger partial charge in [-0.3, -0.25) is 10.1 Å². The molecule has 0 bridgehead atoms. The normalized spacial score (nSPS) is 9.00. The van der Waals surface area contributed by atoms with E-state index in [0.29, 0.717) is 4.47 Å². The molecule has 0 saturated carbocycles. The first-order valence-corrected chi connectivity index (χ1v) is 3.73. The van der Waals surface area contributed by atoms with Gasteiger partial charge in [0.05, 0.1) is 4.92 Å². The number of non-ortho nitro benzene ring substituents is 1. The first kappa shape index (κ1) is 8.62. The molecule has 0 unspecified atom stereocenters. The lowest BCUT2D eigenvalue weighted by Crippen LogP contribution is -1.86. The van der Waals surface area contributed by atoms with Gasteiger partial charge >= 0.3 is 5.69 Å². The highest BCUT2D eigenvalue weighted by Crippen LogP contribution is 2.29. The number of diazo groups is 1. The summed E-state index contributed by atoms with van der Waals surface area (Å²) in [6.07, 6.45) is 0. The Labute approximate surface area is 75.9 Å². The van der Waals surface area contributed by atoms with Crippen molar-refractivity contribution in [2.24, 2.45) is 0 Å². The fourth-order valence-corrected chi connectivity index (χ4v) is 1.02. The van der Waals surface area contributed by atoms with Crippen LogP contribution in [0.1, 0.15) is 0 Å². The van der Waals surface area contributed by atoms with Crippen molar-refractivity contribution in [2.75, 3.05) is 0 Å². The van der Waals surface area contributed by atoms with E-state index < -0.39 is 4.92 Å². The van der Waals surface area contributed by atoms with Gasteiger partial charge in [-0.25, -0.2) is 0 Å². The molecule has 0 atom stereocenters. The van der Waals surface area contributed by atoms with Gasteiger partial charge in [0.15, 0.2) is 4.98 Å². The fourth-order valence-electron chi connectivity index (χ4n) is 0.691. The van der Waals surface area contributed by atoms with Gasteiger partial charge < -0.3 is 0 Å². The smallest absolute Gasteiger partial charge is 0.258 e. The lowest BCUT2D eigenvalue weighted by Gasteiger charge is -1.87. The Kier molecular flexibility index (Phi) is 2.35. The maximum atomic E-state index is 10.2. The molecule has 0 radical (unpaired) electrons. The molecule has 0 aliphatic heterocycles. The largest absolute Gasteiger partial charge is 0.405 e. The van der Waals surface area contributed by atoms with E-state index in [1.165, 1.54) is 18.2 Å². The van der Waals surface area contributed by atoms with E-state index in [2.05, 4.69) is 20.9 Å². The highest BCUT2D eigenvalue weighted by atomic mass is 79.9. The van der Waals surface area contributed by atoms with Gasteiger partial charge in [0.1, 0.15) is 10.5 Å². The van der Waals surface area contributed by atoms with Crippen LogP contribution in [0.4, 0.5) is 11.4 Å². The Morgan fingerprint density at radius 2 is 2.25 bits per heavy atom. The summed E-state index contributed by atoms with van der Waals surface area (Å²) in [5.74, 6) is 0. The number of nitro groups is 1. The lowest BCUT2D eigenvalue weighted by atomic mass is 10.3. The van der Waals surface area contributed by atoms with Crippen molar-refractivity contribution in [2.45, 2.75) is 0 Å². The SMILES string of the molecule is N#[N+]c1cc([N+](=O)[O-])ccc1Br. The Hall–Kier alpha value is -1.48. The zero-order valence-electron chi connectivity index (χ0n) is 5.77. The monoisotopic (exact) mass is 228 g/mol. The first-order chi connectivity index (χ1) is 5.65. The van der Waals surface area contributed by atoms with Gasteiger partial charge in [0, 0.05) is 6.07 Å². The number of rotatable bonds is 1. The number of nitro benzene ring substituents is 1. The summed E-state index contributed by atoms with van der Waals surface area (Å²) in [5, 5.41) is 18.6. The minimum absolute atomic E-state index is 0.106. The van der Waals surface area contributed by atoms with Crippen LogP contribution in [-0.2, 0) is 0 Å². The van der Waals surface area contributed by atoms with Crippen LogP contribution in [0.2, 0.25) is 0 Å². The van der Waals surface area contributed by atoms with Crippen molar-refractivity contribution < 1.29 is 4.92 Å². The molecule has 6 heteroatoms. The summed E-state index contributed by atoms with van der Waals surface area (Å²) >= 11 is 3.06. The van der Waals surface area contributed by atoms with Gasteiger partial charge in [-0.05, 0) is 22.0 Å². The Balaban J connectivity index is 3.25. The lowest BCUT2D eigenvalue weighted by molar-refractivity contribution is -0.384. The second-order valence-electron chi connectivity index (χ2n) is 1.99. The van der Waals surface area contributed by atoms with Gasteiger partial charge in [0.25, 0.3) is 5.69 Å². The molecule has 0 N–H and O–H groups in total. The molecular formula is C6H3BrN3O2+. The highest BCUT2D eigenvalue weighted by molar-refractivity contribution is 9.10. The predicted molar refractivity (Wildman–Crippen MR) is 45.5 cm³/mol. The molecule has 0 aliphatic carbocycles. The van der Waals surface area contributed by atoms with E-state index in [4.69, 9.17) is 5.39 Å². The first-order valence-electron chi connectivity index (χ1n) is 2.94. The zero-order valence-corrected chi connectivity index (χ0v) is 7.35. The average molecular weight is 229 g/mol. The van der Waals surface area contributed by atoms with Gasteiger partial charge in [-0.2, -0.15) is 0 Å². The third kappa shape index (κ3) is 1.57. The van der Waals surface area contributed by atoms with Gasteiger partial charge in [-0.1, -0.05) is 0 Å². The highest BCUT2D eigenvalue weighted by Gasteiger charge is 2.17. The Morgan fingerprint density at radius 3 is 2.75 bits per heavy atom. The molecule has 0 amide bonds. The summed E-state index contributed by atoms with van der Waals surface area (Å²) in [6, 6.07) is 3.94. The number of benzene rings is 1. The van der Waals surface area contributed by atoms with Crippen molar-refractivity contribution >= 4 is 27.3 Å². The van der Waals surface area contributed by atoms with Crippen molar-refractivity contribution in [3.63, 3.8) is 0 Å². The summed E-state index contributed by atoms with van der Waals surface area (Å²) < 4.78 is 0.510. The molecule has 12 heavy (non-hydrogen) atoms. The van der Waals surface area contributed by atoms with E-state index in [0.717, 1.165) is 0 Å². The minimum atomic E-state index is -0.554.